The molecule has 0 bridgehead atoms. The van der Waals surface area contributed by atoms with E-state index in [-0.39, 0.29) is 16.2 Å². The lowest BCUT2D eigenvalue weighted by molar-refractivity contribution is 0.568. The third kappa shape index (κ3) is 4.99. The predicted octanol–water partition coefficient (Wildman–Crippen LogP) is 2.10. The molecule has 0 saturated carbocycles. The Bertz CT molecular complexity index is 1810. The van der Waals surface area contributed by atoms with Crippen LogP contribution in [0.2, 0.25) is 0 Å². The first-order valence-electron chi connectivity index (χ1n) is 15.5. The van der Waals surface area contributed by atoms with E-state index in [1.165, 1.54) is 77.0 Å². The van der Waals surface area contributed by atoms with Crippen molar-refractivity contribution >= 4 is 88.5 Å². The molecule has 0 N–H and O–H groups in total. The third-order valence-corrected chi connectivity index (χ3v) is 9.66. The van der Waals surface area contributed by atoms with Crippen LogP contribution in [-0.4, -0.2) is 39.2 Å². The fourth-order valence-corrected chi connectivity index (χ4v) is 6.69. The van der Waals surface area contributed by atoms with Gasteiger partial charge in [0.1, 0.15) is 50.4 Å². The molecule has 0 amide bonds. The molecule has 0 unspecified atom stereocenters. The molecule has 1 heterocycles. The van der Waals surface area contributed by atoms with Crippen LogP contribution in [-0.2, 0) is 16.2 Å². The lowest BCUT2D eigenvalue weighted by Crippen LogP contribution is -2.55. The average molecular weight is 548 g/mol. The highest BCUT2D eigenvalue weighted by atomic mass is 16.3. The molecule has 0 radical (unpaired) electrons. The smallest absolute Gasteiger partial charge is 0.139 e. The Hall–Kier alpha value is -3.00. The van der Waals surface area contributed by atoms with Gasteiger partial charge in [-0.1, -0.05) is 110 Å². The van der Waals surface area contributed by atoms with E-state index in [9.17, 15) is 0 Å². The minimum Gasteiger partial charge on any atom is -0.456 e. The molecule has 210 valence electrons. The zero-order valence-electron chi connectivity index (χ0n) is 28.5. The fraction of sp³-hybridized carbons (Fsp3) is 0.333. The molecule has 1 nitrogen and oxygen atoms in total. The Morgan fingerprint density at radius 3 is 1.50 bits per heavy atom. The summed E-state index contributed by atoms with van der Waals surface area (Å²) in [5.74, 6) is 0. The maximum atomic E-state index is 6.66. The van der Waals surface area contributed by atoms with Crippen LogP contribution >= 0.6 is 0 Å². The number of hydrogen-bond acceptors (Lipinski definition) is 1. The van der Waals surface area contributed by atoms with E-state index in [2.05, 4.69) is 150 Å². The van der Waals surface area contributed by atoms with Crippen LogP contribution in [0.15, 0.2) is 52.9 Å². The largest absolute Gasteiger partial charge is 0.456 e. The van der Waals surface area contributed by atoms with Crippen molar-refractivity contribution in [3.63, 3.8) is 0 Å². The van der Waals surface area contributed by atoms with Gasteiger partial charge >= 0.3 is 0 Å². The maximum Gasteiger partial charge on any atom is 0.139 e. The van der Waals surface area contributed by atoms with Gasteiger partial charge in [0.15, 0.2) is 0 Å². The average Bonchev–Trinajstić information content (AvgIpc) is 3.28. The van der Waals surface area contributed by atoms with Gasteiger partial charge in [-0.3, -0.25) is 0 Å². The lowest BCUT2D eigenvalue weighted by atomic mass is 9.59. The molecule has 0 fully saturated rings. The topological polar surface area (TPSA) is 13.1 Å². The SMILES string of the molecule is Bc1c(B)c(B)c(-c2cccc3oc4ccc(-c5cc(C(C)(C)C)cc(C(C)(C)C)c5)c(C(C)(C)C)c4c23)c(B)c1B. The second kappa shape index (κ2) is 10.0. The molecule has 4 aromatic carbocycles. The van der Waals surface area contributed by atoms with Gasteiger partial charge in [0.05, 0.1) is 0 Å². The van der Waals surface area contributed by atoms with Crippen molar-refractivity contribution in [2.75, 3.05) is 0 Å². The van der Waals surface area contributed by atoms with Gasteiger partial charge in [0.2, 0.25) is 0 Å². The van der Waals surface area contributed by atoms with Crippen LogP contribution in [0, 0.1) is 0 Å². The third-order valence-electron chi connectivity index (χ3n) is 9.66. The molecular formula is C36H45B5O. The van der Waals surface area contributed by atoms with E-state index in [1.807, 2.05) is 0 Å². The molecule has 0 spiro atoms. The summed E-state index contributed by atoms with van der Waals surface area (Å²) in [4.78, 5) is 0. The quantitative estimate of drug-likeness (QED) is 0.309. The van der Waals surface area contributed by atoms with Crippen LogP contribution in [0.4, 0.5) is 0 Å². The Labute approximate surface area is 258 Å². The van der Waals surface area contributed by atoms with Crippen molar-refractivity contribution in [3.05, 3.63) is 65.2 Å². The van der Waals surface area contributed by atoms with Crippen molar-refractivity contribution < 1.29 is 4.42 Å². The minimum atomic E-state index is -0.110. The van der Waals surface area contributed by atoms with Crippen molar-refractivity contribution in [3.8, 4) is 22.3 Å². The first-order chi connectivity index (χ1) is 19.3. The monoisotopic (exact) mass is 548 g/mol. The van der Waals surface area contributed by atoms with Crippen LogP contribution < -0.4 is 27.3 Å². The second-order valence-electron chi connectivity index (χ2n) is 15.7. The summed E-state index contributed by atoms with van der Waals surface area (Å²) < 4.78 is 6.66. The highest BCUT2D eigenvalue weighted by Gasteiger charge is 2.29. The van der Waals surface area contributed by atoms with Gasteiger partial charge in [-0.2, -0.15) is 0 Å². The minimum absolute atomic E-state index is 0.0493. The Morgan fingerprint density at radius 2 is 1.00 bits per heavy atom. The standard InChI is InChI=1S/C36H45B5O/c1-34(2,3)19-15-18(16-20(17-19)35(4,5)6)21-13-14-24-27(28(21)36(7,8)9)25-22(11-10-12-23(25)42-24)26-29(37)31(39)33(41)32(40)30(26)38/h10-17H,37-41H2,1-9H3. The number of rotatable bonds is 2. The molecule has 0 aliphatic heterocycles. The van der Waals surface area contributed by atoms with E-state index in [0.717, 1.165) is 11.2 Å². The zero-order valence-corrected chi connectivity index (χ0v) is 28.5. The van der Waals surface area contributed by atoms with Gasteiger partial charge < -0.3 is 4.42 Å². The van der Waals surface area contributed by atoms with Crippen LogP contribution in [0.3, 0.4) is 0 Å². The van der Waals surface area contributed by atoms with Gasteiger partial charge in [-0.25, -0.2) is 0 Å². The van der Waals surface area contributed by atoms with E-state index < -0.39 is 0 Å². The molecule has 0 aliphatic rings. The van der Waals surface area contributed by atoms with Crippen LogP contribution in [0.25, 0.3) is 44.2 Å². The van der Waals surface area contributed by atoms with Crippen molar-refractivity contribution in [1.29, 1.82) is 0 Å². The van der Waals surface area contributed by atoms with E-state index in [4.69, 9.17) is 4.42 Å². The highest BCUT2D eigenvalue weighted by molar-refractivity contribution is 6.68. The highest BCUT2D eigenvalue weighted by Crippen LogP contribution is 2.46. The summed E-state index contributed by atoms with van der Waals surface area (Å²) in [7, 11) is 11.4. The van der Waals surface area contributed by atoms with Crippen LogP contribution in [0.1, 0.15) is 79.0 Å². The number of hydrogen-bond donors (Lipinski definition) is 0. The first kappa shape index (κ1) is 30.5. The summed E-state index contributed by atoms with van der Waals surface area (Å²) in [6.45, 7) is 21.0. The fourth-order valence-electron chi connectivity index (χ4n) is 6.69. The summed E-state index contributed by atoms with van der Waals surface area (Å²) in [6, 6.07) is 18.4. The van der Waals surface area contributed by atoms with Crippen molar-refractivity contribution in [2.24, 2.45) is 0 Å². The molecule has 0 atom stereocenters. The van der Waals surface area contributed by atoms with Gasteiger partial charge in [0.25, 0.3) is 0 Å². The van der Waals surface area contributed by atoms with Gasteiger partial charge in [-0.15, -0.1) is 16.4 Å². The molecule has 6 heteroatoms. The summed E-state index contributed by atoms with van der Waals surface area (Å²) in [6.07, 6.45) is 0. The molecule has 1 aromatic heterocycles. The first-order valence-corrected chi connectivity index (χ1v) is 15.5. The van der Waals surface area contributed by atoms with Gasteiger partial charge in [0, 0.05) is 10.8 Å². The lowest BCUT2D eigenvalue weighted by Gasteiger charge is -2.29. The molecule has 5 aromatic rings. The zero-order chi connectivity index (χ0) is 31.1. The predicted molar refractivity (Wildman–Crippen MR) is 202 cm³/mol. The van der Waals surface area contributed by atoms with E-state index in [1.54, 1.807) is 0 Å². The molecule has 5 rings (SSSR count). The van der Waals surface area contributed by atoms with E-state index >= 15 is 0 Å². The molecule has 0 saturated heterocycles. The number of benzene rings is 4. The Kier molecular flexibility index (Phi) is 7.28. The van der Waals surface area contributed by atoms with Gasteiger partial charge in [-0.05, 0) is 67.3 Å². The summed E-state index contributed by atoms with van der Waals surface area (Å²) in [5, 5.41) is 2.48. The van der Waals surface area contributed by atoms with Crippen molar-refractivity contribution in [1.82, 2.24) is 0 Å². The van der Waals surface area contributed by atoms with E-state index in [0.29, 0.717) is 0 Å². The maximum absolute atomic E-state index is 6.66. The normalized spacial score (nSPS) is 12.9. The molecule has 42 heavy (non-hydrogen) atoms. The van der Waals surface area contributed by atoms with Crippen molar-refractivity contribution in [2.45, 2.75) is 78.6 Å². The Morgan fingerprint density at radius 1 is 0.500 bits per heavy atom. The number of furan rings is 1. The molecule has 0 aliphatic carbocycles. The summed E-state index contributed by atoms with van der Waals surface area (Å²) in [5.41, 5.74) is 18.1. The summed E-state index contributed by atoms with van der Waals surface area (Å²) >= 11 is 0. The number of fused-ring (bicyclic) bond motifs is 3. The second-order valence-corrected chi connectivity index (χ2v) is 15.7. The Balaban J connectivity index is 1.97. The van der Waals surface area contributed by atoms with Crippen LogP contribution in [0.5, 0.6) is 0 Å². The molecular weight excluding hydrogens is 502 g/mol.